The van der Waals surface area contributed by atoms with E-state index in [4.69, 9.17) is 18.9 Å². The molecular formula is C13H16O5. The summed E-state index contributed by atoms with van der Waals surface area (Å²) in [5, 5.41) is 0. The van der Waals surface area contributed by atoms with Gasteiger partial charge in [0.25, 0.3) is 0 Å². The predicted octanol–water partition coefficient (Wildman–Crippen LogP) is 2.14. The summed E-state index contributed by atoms with van der Waals surface area (Å²) < 4.78 is 20.1. The maximum atomic E-state index is 11.0. The average molecular weight is 252 g/mol. The van der Waals surface area contributed by atoms with Gasteiger partial charge in [-0.2, -0.15) is 0 Å². The molecule has 5 heteroatoms. The molecule has 0 aliphatic carbocycles. The lowest BCUT2D eigenvalue weighted by molar-refractivity contribution is -0.0780. The lowest BCUT2D eigenvalue weighted by atomic mass is 10.1. The molecule has 1 fully saturated rings. The number of rotatable bonds is 5. The molecule has 0 N–H and O–H groups in total. The molecular weight excluding hydrogens is 236 g/mol. The van der Waals surface area contributed by atoms with Crippen LogP contribution in [0.25, 0.3) is 0 Å². The molecule has 1 heterocycles. The first kappa shape index (κ1) is 12.7. The second kappa shape index (κ2) is 5.73. The van der Waals surface area contributed by atoms with Gasteiger partial charge in [-0.25, -0.2) is 4.79 Å². The number of carbonyl (C=O) groups excluding carboxylic acids is 1. The molecule has 0 aromatic heterocycles. The Kier molecular flexibility index (Phi) is 4.04. The summed E-state index contributed by atoms with van der Waals surface area (Å²) in [6, 6.07) is 7.78. The summed E-state index contributed by atoms with van der Waals surface area (Å²) in [6.07, 6.45) is -0.218. The highest BCUT2D eigenvalue weighted by Gasteiger charge is 2.36. The molecule has 5 nitrogen and oxygen atoms in total. The number of benzene rings is 1. The van der Waals surface area contributed by atoms with Gasteiger partial charge in [-0.05, 0) is 30.5 Å². The van der Waals surface area contributed by atoms with Crippen molar-refractivity contribution in [2.24, 2.45) is 0 Å². The summed E-state index contributed by atoms with van der Waals surface area (Å²) in [5.41, 5.74) is 1.12. The minimum atomic E-state index is -0.669. The summed E-state index contributed by atoms with van der Waals surface area (Å²) in [4.78, 5) is 11.0. The summed E-state index contributed by atoms with van der Waals surface area (Å²) in [6.45, 7) is 0. The summed E-state index contributed by atoms with van der Waals surface area (Å²) in [7, 11) is 3.12. The molecule has 0 bridgehead atoms. The Morgan fingerprint density at radius 2 is 2.11 bits per heavy atom. The number of hydrogen-bond acceptors (Lipinski definition) is 5. The van der Waals surface area contributed by atoms with Crippen LogP contribution in [0, 0.1) is 0 Å². The quantitative estimate of drug-likeness (QED) is 0.751. The van der Waals surface area contributed by atoms with Crippen molar-refractivity contribution in [3.63, 3.8) is 0 Å². The van der Waals surface area contributed by atoms with Gasteiger partial charge < -0.3 is 18.9 Å². The molecule has 1 aliphatic heterocycles. The fourth-order valence-electron chi connectivity index (χ4n) is 1.91. The van der Waals surface area contributed by atoms with E-state index in [1.807, 2.05) is 24.3 Å². The third-order valence-corrected chi connectivity index (χ3v) is 2.85. The minimum absolute atomic E-state index is 0.353. The van der Waals surface area contributed by atoms with Crippen molar-refractivity contribution in [1.29, 1.82) is 0 Å². The van der Waals surface area contributed by atoms with Crippen molar-refractivity contribution in [2.75, 3.05) is 14.2 Å². The molecule has 18 heavy (non-hydrogen) atoms. The van der Waals surface area contributed by atoms with Gasteiger partial charge >= 0.3 is 6.16 Å². The minimum Gasteiger partial charge on any atom is -0.497 e. The highest BCUT2D eigenvalue weighted by molar-refractivity contribution is 5.62. The Bertz CT molecular complexity index is 418. The Hall–Kier alpha value is -1.75. The first-order chi connectivity index (χ1) is 8.72. The van der Waals surface area contributed by atoms with E-state index in [-0.39, 0.29) is 6.10 Å². The Balaban J connectivity index is 1.92. The van der Waals surface area contributed by atoms with Crippen molar-refractivity contribution in [2.45, 2.75) is 25.2 Å². The zero-order valence-electron chi connectivity index (χ0n) is 10.4. The number of carbonyl (C=O) groups is 1. The molecule has 0 spiro atoms. The van der Waals surface area contributed by atoms with E-state index in [0.717, 1.165) is 17.7 Å². The first-order valence-electron chi connectivity index (χ1n) is 5.76. The zero-order chi connectivity index (χ0) is 13.0. The second-order valence-electron chi connectivity index (χ2n) is 4.02. The zero-order valence-corrected chi connectivity index (χ0v) is 10.4. The predicted molar refractivity (Wildman–Crippen MR) is 63.5 cm³/mol. The number of hydrogen-bond donors (Lipinski definition) is 0. The van der Waals surface area contributed by atoms with E-state index < -0.39 is 12.4 Å². The van der Waals surface area contributed by atoms with Crippen LogP contribution in [0.15, 0.2) is 24.3 Å². The van der Waals surface area contributed by atoms with Crippen molar-refractivity contribution in [1.82, 2.24) is 0 Å². The molecule has 2 rings (SSSR count). The van der Waals surface area contributed by atoms with Gasteiger partial charge in [0.05, 0.1) is 7.11 Å². The molecule has 0 saturated carbocycles. The van der Waals surface area contributed by atoms with E-state index >= 15 is 0 Å². The van der Waals surface area contributed by atoms with Gasteiger partial charge in [0.1, 0.15) is 5.75 Å². The Labute approximate surface area is 106 Å². The number of methoxy groups -OCH3 is 2. The lowest BCUT2D eigenvalue weighted by Crippen LogP contribution is -2.24. The van der Waals surface area contributed by atoms with E-state index in [2.05, 4.69) is 0 Å². The third-order valence-electron chi connectivity index (χ3n) is 2.85. The van der Waals surface area contributed by atoms with Crippen LogP contribution < -0.4 is 4.74 Å². The van der Waals surface area contributed by atoms with Crippen LogP contribution in [0.4, 0.5) is 4.79 Å². The topological polar surface area (TPSA) is 54.0 Å². The molecule has 0 amide bonds. The molecule has 98 valence electrons. The fraction of sp³-hybridized carbons (Fsp3) is 0.462. The summed E-state index contributed by atoms with van der Waals surface area (Å²) >= 11 is 0. The normalized spacial score (nSPS) is 22.4. The molecule has 1 aromatic carbocycles. The molecule has 2 unspecified atom stereocenters. The van der Waals surface area contributed by atoms with Crippen LogP contribution in [0.1, 0.15) is 12.0 Å². The van der Waals surface area contributed by atoms with Gasteiger partial charge in [0, 0.05) is 7.11 Å². The molecule has 1 saturated heterocycles. The molecule has 1 aromatic rings. The van der Waals surface area contributed by atoms with Gasteiger partial charge in [0.2, 0.25) is 6.29 Å². The number of ether oxygens (including phenoxy) is 4. The largest absolute Gasteiger partial charge is 0.511 e. The number of cyclic esters (lactones) is 2. The smallest absolute Gasteiger partial charge is 0.497 e. The van der Waals surface area contributed by atoms with Gasteiger partial charge in [-0.1, -0.05) is 12.1 Å². The highest BCUT2D eigenvalue weighted by atomic mass is 16.8. The van der Waals surface area contributed by atoms with Crippen molar-refractivity contribution >= 4 is 6.16 Å². The monoisotopic (exact) mass is 252 g/mol. The van der Waals surface area contributed by atoms with E-state index in [1.165, 1.54) is 7.11 Å². The lowest BCUT2D eigenvalue weighted by Gasteiger charge is -2.13. The van der Waals surface area contributed by atoms with Crippen LogP contribution in [0.5, 0.6) is 5.75 Å². The second-order valence-corrected chi connectivity index (χ2v) is 4.02. The molecule has 1 aliphatic rings. The van der Waals surface area contributed by atoms with Crippen LogP contribution in [-0.4, -0.2) is 32.8 Å². The first-order valence-corrected chi connectivity index (χ1v) is 5.76. The number of aryl methyl sites for hydroxylation is 1. The maximum Gasteiger partial charge on any atom is 0.511 e. The van der Waals surface area contributed by atoms with Crippen molar-refractivity contribution in [3.8, 4) is 5.75 Å². The SMILES string of the molecule is COc1cccc(CCC2OC(=O)OC2OC)c1. The fourth-order valence-corrected chi connectivity index (χ4v) is 1.91. The Morgan fingerprint density at radius 3 is 2.83 bits per heavy atom. The van der Waals surface area contributed by atoms with Crippen molar-refractivity contribution < 1.29 is 23.7 Å². The van der Waals surface area contributed by atoms with Gasteiger partial charge in [-0.15, -0.1) is 0 Å². The van der Waals surface area contributed by atoms with Crippen molar-refractivity contribution in [3.05, 3.63) is 29.8 Å². The van der Waals surface area contributed by atoms with E-state index in [9.17, 15) is 4.79 Å². The highest BCUT2D eigenvalue weighted by Crippen LogP contribution is 2.21. The van der Waals surface area contributed by atoms with Crippen LogP contribution in [0.3, 0.4) is 0 Å². The van der Waals surface area contributed by atoms with Crippen LogP contribution in [0.2, 0.25) is 0 Å². The van der Waals surface area contributed by atoms with E-state index in [0.29, 0.717) is 6.42 Å². The van der Waals surface area contributed by atoms with E-state index in [1.54, 1.807) is 7.11 Å². The maximum absolute atomic E-state index is 11.0. The van der Waals surface area contributed by atoms with Gasteiger partial charge in [0.15, 0.2) is 6.10 Å². The third kappa shape index (κ3) is 2.92. The van der Waals surface area contributed by atoms with Crippen LogP contribution >= 0.6 is 0 Å². The standard InChI is InChI=1S/C13H16O5/c1-15-10-5-3-4-9(8-10)6-7-11-12(16-2)18-13(14)17-11/h3-5,8,11-12H,6-7H2,1-2H3. The molecule has 2 atom stereocenters. The van der Waals surface area contributed by atoms with Gasteiger partial charge in [-0.3, -0.25) is 0 Å². The Morgan fingerprint density at radius 1 is 1.28 bits per heavy atom. The summed E-state index contributed by atoms with van der Waals surface area (Å²) in [5.74, 6) is 0.815. The van der Waals surface area contributed by atoms with Crippen LogP contribution in [-0.2, 0) is 20.6 Å². The molecule has 0 radical (unpaired) electrons. The average Bonchev–Trinajstić information content (AvgIpc) is 2.77.